The van der Waals surface area contributed by atoms with Gasteiger partial charge in [-0.3, -0.25) is 14.4 Å². The van der Waals surface area contributed by atoms with Gasteiger partial charge in [0.1, 0.15) is 16.9 Å². The fourth-order valence-corrected chi connectivity index (χ4v) is 5.14. The first-order chi connectivity index (χ1) is 24.2. The van der Waals surface area contributed by atoms with E-state index in [4.69, 9.17) is 14.2 Å². The zero-order chi connectivity index (χ0) is 37.5. The first kappa shape index (κ1) is 38.1. The summed E-state index contributed by atoms with van der Waals surface area (Å²) in [4.78, 5) is 39.1. The molecule has 4 aromatic rings. The summed E-state index contributed by atoms with van der Waals surface area (Å²) >= 11 is 0.787. The lowest BCUT2D eigenvalue weighted by atomic mass is 10.1. The van der Waals surface area contributed by atoms with E-state index in [1.807, 2.05) is 0 Å². The van der Waals surface area contributed by atoms with Gasteiger partial charge in [-0.25, -0.2) is 17.6 Å². The molecule has 9 nitrogen and oxygen atoms in total. The van der Waals surface area contributed by atoms with Gasteiger partial charge in [0.15, 0.2) is 34.8 Å². The number of amides is 3. The number of halogens is 7. The number of hydrogen-bond acceptors (Lipinski definition) is 7. The van der Waals surface area contributed by atoms with Crippen LogP contribution in [0.2, 0.25) is 0 Å². The van der Waals surface area contributed by atoms with Crippen molar-refractivity contribution in [1.29, 1.82) is 0 Å². The van der Waals surface area contributed by atoms with Crippen molar-refractivity contribution in [3.05, 3.63) is 112 Å². The minimum Gasteiger partial charge on any atom is -0.493 e. The van der Waals surface area contributed by atoms with Crippen LogP contribution in [0.25, 0.3) is 6.08 Å². The molecule has 17 heteroatoms. The van der Waals surface area contributed by atoms with Gasteiger partial charge in [0.25, 0.3) is 11.8 Å². The van der Waals surface area contributed by atoms with Crippen LogP contribution in [-0.2, 0) is 15.8 Å². The van der Waals surface area contributed by atoms with Crippen molar-refractivity contribution < 1.29 is 59.3 Å². The number of carbonyl (C=O) groups is 3. The maximum absolute atomic E-state index is 14.2. The molecule has 0 saturated heterocycles. The van der Waals surface area contributed by atoms with E-state index in [0.29, 0.717) is 16.2 Å². The van der Waals surface area contributed by atoms with E-state index >= 15 is 0 Å². The van der Waals surface area contributed by atoms with Gasteiger partial charge in [0.2, 0.25) is 11.7 Å². The third-order valence-electron chi connectivity index (χ3n) is 6.82. The SMILES string of the molecule is COc1cc(/C=C(\NC(=O)c2ccccc2)C(=O)Nc2ccc(SCC(=O)Nc3c(F)c(F)c(C(F)(F)F)c(F)c3F)cc2)cc(OC)c1OC. The Hall–Kier alpha value is -5.71. The summed E-state index contributed by atoms with van der Waals surface area (Å²) in [5.74, 6) is -12.5. The van der Waals surface area contributed by atoms with Gasteiger partial charge >= 0.3 is 6.18 Å². The zero-order valence-electron chi connectivity index (χ0n) is 26.6. The molecular weight excluding hydrogens is 711 g/mol. The third-order valence-corrected chi connectivity index (χ3v) is 7.83. The fourth-order valence-electron chi connectivity index (χ4n) is 4.44. The average molecular weight is 738 g/mol. The molecule has 0 aromatic heterocycles. The van der Waals surface area contributed by atoms with Gasteiger partial charge in [0, 0.05) is 16.1 Å². The highest BCUT2D eigenvalue weighted by Gasteiger charge is 2.42. The van der Waals surface area contributed by atoms with Crippen LogP contribution in [0.4, 0.5) is 42.1 Å². The lowest BCUT2D eigenvalue weighted by Crippen LogP contribution is -2.30. The molecule has 4 aromatic carbocycles. The Balaban J connectivity index is 1.49. The summed E-state index contributed by atoms with van der Waals surface area (Å²) in [7, 11) is 4.24. The van der Waals surface area contributed by atoms with E-state index < -0.39 is 64.2 Å². The van der Waals surface area contributed by atoms with Gasteiger partial charge in [-0.05, 0) is 60.2 Å². The summed E-state index contributed by atoms with van der Waals surface area (Å²) in [6, 6.07) is 16.9. The predicted octanol–water partition coefficient (Wildman–Crippen LogP) is 7.43. The molecule has 3 amide bonds. The van der Waals surface area contributed by atoms with Gasteiger partial charge in [0.05, 0.1) is 27.1 Å². The normalized spacial score (nSPS) is 11.5. The number of benzene rings is 4. The molecule has 0 radical (unpaired) electrons. The highest BCUT2D eigenvalue weighted by molar-refractivity contribution is 8.00. The molecule has 0 unspecified atom stereocenters. The van der Waals surface area contributed by atoms with Gasteiger partial charge in [-0.1, -0.05) is 18.2 Å². The Morgan fingerprint density at radius 2 is 1.33 bits per heavy atom. The molecule has 0 saturated carbocycles. The van der Waals surface area contributed by atoms with E-state index in [0.717, 1.165) is 11.8 Å². The van der Waals surface area contributed by atoms with Gasteiger partial charge < -0.3 is 30.2 Å². The van der Waals surface area contributed by atoms with Crippen LogP contribution in [0.15, 0.2) is 77.3 Å². The zero-order valence-corrected chi connectivity index (χ0v) is 27.5. The lowest BCUT2D eigenvalue weighted by molar-refractivity contribution is -0.143. The Morgan fingerprint density at radius 3 is 1.84 bits per heavy atom. The van der Waals surface area contributed by atoms with Gasteiger partial charge in [-0.2, -0.15) is 13.2 Å². The number of hydrogen-bond donors (Lipinski definition) is 3. The fraction of sp³-hybridized carbons (Fsp3) is 0.147. The van der Waals surface area contributed by atoms with Crippen LogP contribution < -0.4 is 30.2 Å². The molecule has 0 bridgehead atoms. The maximum atomic E-state index is 14.2. The van der Waals surface area contributed by atoms with Crippen molar-refractivity contribution in [2.24, 2.45) is 0 Å². The van der Waals surface area contributed by atoms with E-state index in [-0.39, 0.29) is 28.4 Å². The number of anilines is 2. The summed E-state index contributed by atoms with van der Waals surface area (Å²) in [6.07, 6.45) is -4.35. The Labute approximate surface area is 289 Å². The Kier molecular flexibility index (Phi) is 12.2. The molecule has 0 heterocycles. The summed E-state index contributed by atoms with van der Waals surface area (Å²) in [5, 5.41) is 6.77. The van der Waals surface area contributed by atoms with Crippen molar-refractivity contribution >= 4 is 46.9 Å². The summed E-state index contributed by atoms with van der Waals surface area (Å²) < 4.78 is 111. The van der Waals surface area contributed by atoms with E-state index in [9.17, 15) is 45.1 Å². The van der Waals surface area contributed by atoms with Crippen molar-refractivity contribution in [2.45, 2.75) is 11.1 Å². The summed E-state index contributed by atoms with van der Waals surface area (Å²) in [5.41, 5.74) is -3.75. The monoisotopic (exact) mass is 737 g/mol. The molecule has 0 spiro atoms. The minimum absolute atomic E-state index is 0.177. The predicted molar refractivity (Wildman–Crippen MR) is 174 cm³/mol. The maximum Gasteiger partial charge on any atom is 0.422 e. The number of carbonyl (C=O) groups excluding carboxylic acids is 3. The van der Waals surface area contributed by atoms with Crippen LogP contribution in [0.5, 0.6) is 17.2 Å². The number of ether oxygens (including phenoxy) is 3. The molecule has 0 aliphatic carbocycles. The van der Waals surface area contributed by atoms with Crippen LogP contribution in [-0.4, -0.2) is 44.8 Å². The molecule has 0 fully saturated rings. The number of methoxy groups -OCH3 is 3. The molecular formula is C34H26F7N3O6S. The number of nitrogens with one attached hydrogen (secondary N) is 3. The Morgan fingerprint density at radius 1 is 0.765 bits per heavy atom. The molecule has 4 rings (SSSR count). The molecule has 0 aliphatic heterocycles. The molecule has 0 aliphatic rings. The molecule has 0 atom stereocenters. The number of thioether (sulfide) groups is 1. The quantitative estimate of drug-likeness (QED) is 0.0600. The van der Waals surface area contributed by atoms with E-state index in [1.54, 1.807) is 47.8 Å². The van der Waals surface area contributed by atoms with Crippen molar-refractivity contribution in [1.82, 2.24) is 5.32 Å². The van der Waals surface area contributed by atoms with Crippen molar-refractivity contribution in [3.63, 3.8) is 0 Å². The highest BCUT2D eigenvalue weighted by atomic mass is 32.2. The number of alkyl halides is 3. The van der Waals surface area contributed by atoms with Crippen molar-refractivity contribution in [2.75, 3.05) is 37.7 Å². The largest absolute Gasteiger partial charge is 0.493 e. The molecule has 268 valence electrons. The second kappa shape index (κ2) is 16.3. The minimum atomic E-state index is -5.73. The van der Waals surface area contributed by atoms with Gasteiger partial charge in [-0.15, -0.1) is 11.8 Å². The second-order valence-corrected chi connectivity index (χ2v) is 11.2. The standard InChI is InChI=1S/C34H26F7N3O6S/c1-48-22-14-17(15-23(49-2)31(22)50-3)13-21(43-32(46)18-7-5-4-6-8-18)33(47)42-19-9-11-20(12-10-19)51-16-24(45)44-30-28(37)26(35)25(34(39,40)41)27(36)29(30)38/h4-15H,16H2,1-3H3,(H,42,47)(H,43,46)(H,44,45)/b21-13-. The molecule has 3 N–H and O–H groups in total. The van der Waals surface area contributed by atoms with Crippen LogP contribution in [0.1, 0.15) is 21.5 Å². The smallest absolute Gasteiger partial charge is 0.422 e. The molecule has 51 heavy (non-hydrogen) atoms. The first-order valence-corrected chi connectivity index (χ1v) is 15.3. The lowest BCUT2D eigenvalue weighted by Gasteiger charge is -2.15. The second-order valence-electron chi connectivity index (χ2n) is 10.2. The van der Waals surface area contributed by atoms with E-state index in [1.165, 1.54) is 51.7 Å². The topological polar surface area (TPSA) is 115 Å². The number of rotatable bonds is 12. The van der Waals surface area contributed by atoms with Crippen molar-refractivity contribution in [3.8, 4) is 17.2 Å². The Bertz CT molecular complexity index is 1920. The van der Waals surface area contributed by atoms with Crippen LogP contribution in [0.3, 0.4) is 0 Å². The van der Waals surface area contributed by atoms with Crippen LogP contribution >= 0.6 is 11.8 Å². The summed E-state index contributed by atoms with van der Waals surface area (Å²) in [6.45, 7) is 0. The highest BCUT2D eigenvalue weighted by Crippen LogP contribution is 2.40. The average Bonchev–Trinajstić information content (AvgIpc) is 3.11. The third kappa shape index (κ3) is 9.10. The van der Waals surface area contributed by atoms with Crippen LogP contribution in [0, 0.1) is 23.3 Å². The first-order valence-electron chi connectivity index (χ1n) is 14.3. The van der Waals surface area contributed by atoms with E-state index in [2.05, 4.69) is 10.6 Å².